The van der Waals surface area contributed by atoms with Crippen LogP contribution in [0.1, 0.15) is 21.5 Å². The minimum atomic E-state index is -1.04. The highest BCUT2D eigenvalue weighted by Gasteiger charge is 2.09. The van der Waals surface area contributed by atoms with Gasteiger partial charge in [-0.25, -0.2) is 8.78 Å². The summed E-state index contributed by atoms with van der Waals surface area (Å²) in [6, 6.07) is 8.91. The summed E-state index contributed by atoms with van der Waals surface area (Å²) in [6.07, 6.45) is 0. The smallest absolute Gasteiger partial charge is 0.251 e. The summed E-state index contributed by atoms with van der Waals surface area (Å²) in [5.41, 5.74) is 2.18. The zero-order chi connectivity index (χ0) is 16.1. The Labute approximate surface area is 127 Å². The fourth-order valence-corrected chi connectivity index (χ4v) is 1.93. The van der Waals surface area contributed by atoms with Gasteiger partial charge in [0.2, 0.25) is 0 Å². The number of nitrogens with one attached hydrogen (secondary N) is 1. The molecule has 116 valence electrons. The molecule has 2 aromatic rings. The topological polar surface area (TPSA) is 38.3 Å². The molecule has 2 rings (SSSR count). The van der Waals surface area contributed by atoms with Gasteiger partial charge in [0, 0.05) is 5.56 Å². The van der Waals surface area contributed by atoms with E-state index in [1.54, 1.807) is 0 Å². The van der Waals surface area contributed by atoms with Crippen LogP contribution in [-0.2, 0) is 0 Å². The Morgan fingerprint density at radius 3 is 2.59 bits per heavy atom. The van der Waals surface area contributed by atoms with Gasteiger partial charge in [-0.1, -0.05) is 12.1 Å². The molecule has 0 aromatic heterocycles. The fraction of sp³-hybridized carbons (Fsp3) is 0.235. The van der Waals surface area contributed by atoms with Crippen LogP contribution in [-0.4, -0.2) is 19.1 Å². The van der Waals surface area contributed by atoms with Crippen molar-refractivity contribution in [3.63, 3.8) is 0 Å². The van der Waals surface area contributed by atoms with Crippen LogP contribution in [0.15, 0.2) is 36.4 Å². The summed E-state index contributed by atoms with van der Waals surface area (Å²) >= 11 is 0. The van der Waals surface area contributed by atoms with E-state index in [-0.39, 0.29) is 12.1 Å². The number of amides is 1. The minimum absolute atomic E-state index is 0.0747. The van der Waals surface area contributed by atoms with Crippen molar-refractivity contribution in [3.05, 3.63) is 64.7 Å². The Hall–Kier alpha value is -2.43. The normalized spacial score (nSPS) is 10.4. The lowest BCUT2D eigenvalue weighted by atomic mass is 10.1. The number of rotatable bonds is 5. The van der Waals surface area contributed by atoms with E-state index < -0.39 is 17.5 Å². The minimum Gasteiger partial charge on any atom is -0.491 e. The second-order valence-corrected chi connectivity index (χ2v) is 5.00. The van der Waals surface area contributed by atoms with Gasteiger partial charge in [0.1, 0.15) is 12.4 Å². The first-order chi connectivity index (χ1) is 10.5. The fourth-order valence-electron chi connectivity index (χ4n) is 1.93. The summed E-state index contributed by atoms with van der Waals surface area (Å²) in [5.74, 6) is -1.72. The Morgan fingerprint density at radius 1 is 1.09 bits per heavy atom. The highest BCUT2D eigenvalue weighted by molar-refractivity contribution is 5.94. The first-order valence-corrected chi connectivity index (χ1v) is 6.90. The molecule has 0 saturated heterocycles. The monoisotopic (exact) mass is 305 g/mol. The molecule has 22 heavy (non-hydrogen) atoms. The molecule has 0 aliphatic carbocycles. The van der Waals surface area contributed by atoms with Crippen molar-refractivity contribution in [2.45, 2.75) is 13.8 Å². The molecule has 1 N–H and O–H groups in total. The van der Waals surface area contributed by atoms with E-state index >= 15 is 0 Å². The van der Waals surface area contributed by atoms with Gasteiger partial charge in [0.15, 0.2) is 11.6 Å². The quantitative estimate of drug-likeness (QED) is 0.860. The lowest BCUT2D eigenvalue weighted by Crippen LogP contribution is -2.28. The van der Waals surface area contributed by atoms with Crippen LogP contribution in [0.3, 0.4) is 0 Å². The first kappa shape index (κ1) is 15.9. The van der Waals surface area contributed by atoms with Gasteiger partial charge in [0.05, 0.1) is 6.54 Å². The van der Waals surface area contributed by atoms with Crippen LogP contribution >= 0.6 is 0 Å². The predicted octanol–water partition coefficient (Wildman–Crippen LogP) is 3.39. The van der Waals surface area contributed by atoms with Crippen molar-refractivity contribution in [1.29, 1.82) is 0 Å². The zero-order valence-electron chi connectivity index (χ0n) is 12.5. The summed E-state index contributed by atoms with van der Waals surface area (Å²) in [5, 5.41) is 2.60. The van der Waals surface area contributed by atoms with E-state index in [2.05, 4.69) is 5.32 Å². The Balaban J connectivity index is 1.84. The molecule has 0 spiro atoms. The largest absolute Gasteiger partial charge is 0.491 e. The van der Waals surface area contributed by atoms with E-state index in [9.17, 15) is 13.6 Å². The average molecular weight is 305 g/mol. The maximum Gasteiger partial charge on any atom is 0.251 e. The number of carbonyl (C=O) groups is 1. The van der Waals surface area contributed by atoms with Crippen LogP contribution < -0.4 is 10.1 Å². The molecule has 0 radical (unpaired) electrons. The zero-order valence-corrected chi connectivity index (χ0v) is 12.5. The average Bonchev–Trinajstić information content (AvgIpc) is 2.49. The van der Waals surface area contributed by atoms with Crippen LogP contribution in [0.5, 0.6) is 5.75 Å². The molecular formula is C17H17F2NO2. The number of hydrogen-bond donors (Lipinski definition) is 1. The highest BCUT2D eigenvalue weighted by atomic mass is 19.2. The SMILES string of the molecule is Cc1ccc(C)c(OCCNC(=O)c2ccc(F)c(F)c2)c1. The molecule has 0 bridgehead atoms. The molecule has 0 unspecified atom stereocenters. The van der Waals surface area contributed by atoms with Crippen LogP contribution in [0.25, 0.3) is 0 Å². The van der Waals surface area contributed by atoms with Crippen molar-refractivity contribution in [2.24, 2.45) is 0 Å². The highest BCUT2D eigenvalue weighted by Crippen LogP contribution is 2.18. The van der Waals surface area contributed by atoms with E-state index in [0.29, 0.717) is 6.61 Å². The van der Waals surface area contributed by atoms with E-state index in [0.717, 1.165) is 29.0 Å². The third-order valence-electron chi connectivity index (χ3n) is 3.17. The number of halogens is 2. The Kier molecular flexibility index (Phi) is 5.09. The third-order valence-corrected chi connectivity index (χ3v) is 3.17. The molecule has 0 saturated carbocycles. The number of carbonyl (C=O) groups excluding carboxylic acids is 1. The molecule has 2 aromatic carbocycles. The molecule has 0 aliphatic heterocycles. The molecule has 0 fully saturated rings. The molecular weight excluding hydrogens is 288 g/mol. The molecule has 5 heteroatoms. The maximum atomic E-state index is 13.1. The number of benzene rings is 2. The van der Waals surface area contributed by atoms with Gasteiger partial charge in [0.25, 0.3) is 5.91 Å². The second-order valence-electron chi connectivity index (χ2n) is 5.00. The van der Waals surface area contributed by atoms with Crippen molar-refractivity contribution < 1.29 is 18.3 Å². The van der Waals surface area contributed by atoms with Gasteiger partial charge in [-0.15, -0.1) is 0 Å². The maximum absolute atomic E-state index is 13.1. The summed E-state index contributed by atoms with van der Waals surface area (Å²) in [6.45, 7) is 4.47. The van der Waals surface area contributed by atoms with Crippen LogP contribution in [0.4, 0.5) is 8.78 Å². The molecule has 1 amide bonds. The third kappa shape index (κ3) is 4.04. The molecule has 0 aliphatic rings. The van der Waals surface area contributed by atoms with E-state index in [4.69, 9.17) is 4.74 Å². The number of hydrogen-bond acceptors (Lipinski definition) is 2. The second kappa shape index (κ2) is 7.02. The first-order valence-electron chi connectivity index (χ1n) is 6.90. The molecule has 3 nitrogen and oxygen atoms in total. The van der Waals surface area contributed by atoms with Gasteiger partial charge in [-0.2, -0.15) is 0 Å². The van der Waals surface area contributed by atoms with Crippen molar-refractivity contribution >= 4 is 5.91 Å². The predicted molar refractivity (Wildman–Crippen MR) is 80.1 cm³/mol. The summed E-state index contributed by atoms with van der Waals surface area (Å²) in [7, 11) is 0. The van der Waals surface area contributed by atoms with Crippen LogP contribution in [0.2, 0.25) is 0 Å². The van der Waals surface area contributed by atoms with E-state index in [1.165, 1.54) is 6.07 Å². The van der Waals surface area contributed by atoms with Crippen molar-refractivity contribution in [2.75, 3.05) is 13.2 Å². The van der Waals surface area contributed by atoms with Crippen LogP contribution in [0, 0.1) is 25.5 Å². The van der Waals surface area contributed by atoms with Gasteiger partial charge < -0.3 is 10.1 Å². The van der Waals surface area contributed by atoms with Gasteiger partial charge >= 0.3 is 0 Å². The Morgan fingerprint density at radius 2 is 1.86 bits per heavy atom. The Bertz CT molecular complexity index is 686. The van der Waals surface area contributed by atoms with Crippen molar-refractivity contribution in [3.8, 4) is 5.75 Å². The van der Waals surface area contributed by atoms with E-state index in [1.807, 2.05) is 32.0 Å². The lowest BCUT2D eigenvalue weighted by molar-refractivity contribution is 0.0946. The molecule has 0 atom stereocenters. The lowest BCUT2D eigenvalue weighted by Gasteiger charge is -2.10. The van der Waals surface area contributed by atoms with Gasteiger partial charge in [-0.3, -0.25) is 4.79 Å². The van der Waals surface area contributed by atoms with Crippen molar-refractivity contribution in [1.82, 2.24) is 5.32 Å². The van der Waals surface area contributed by atoms with Gasteiger partial charge in [-0.05, 0) is 49.2 Å². The number of aryl methyl sites for hydroxylation is 2. The standard InChI is InChI=1S/C17H17F2NO2/c1-11-3-4-12(2)16(9-11)22-8-7-20-17(21)13-5-6-14(18)15(19)10-13/h3-6,9-10H,7-8H2,1-2H3,(H,20,21). The summed E-state index contributed by atoms with van der Waals surface area (Å²) in [4.78, 5) is 11.8. The molecule has 0 heterocycles. The summed E-state index contributed by atoms with van der Waals surface area (Å²) < 4.78 is 31.4. The number of ether oxygens (including phenoxy) is 1.